The fourth-order valence-corrected chi connectivity index (χ4v) is 5.99. The summed E-state index contributed by atoms with van der Waals surface area (Å²) in [5, 5.41) is 8.96. The molecule has 0 radical (unpaired) electrons. The highest BCUT2D eigenvalue weighted by Crippen LogP contribution is 2.35. The van der Waals surface area contributed by atoms with Crippen molar-refractivity contribution in [2.24, 2.45) is 0 Å². The van der Waals surface area contributed by atoms with Crippen LogP contribution < -0.4 is 4.90 Å². The number of hydrogen-bond donors (Lipinski definition) is 1. The van der Waals surface area contributed by atoms with Crippen molar-refractivity contribution in [1.29, 1.82) is 0 Å². The van der Waals surface area contributed by atoms with Gasteiger partial charge in [0.25, 0.3) is 0 Å². The van der Waals surface area contributed by atoms with Gasteiger partial charge in [0.2, 0.25) is 10.0 Å². The molecule has 0 amide bonds. The summed E-state index contributed by atoms with van der Waals surface area (Å²) in [6.07, 6.45) is 5.21. The molecule has 8 heteroatoms. The van der Waals surface area contributed by atoms with Crippen LogP contribution in [-0.4, -0.2) is 47.9 Å². The van der Waals surface area contributed by atoms with Gasteiger partial charge in [0, 0.05) is 38.3 Å². The van der Waals surface area contributed by atoms with Crippen LogP contribution in [0.3, 0.4) is 0 Å². The molecule has 0 aliphatic carbocycles. The Bertz CT molecular complexity index is 1050. The number of aromatic nitrogens is 1. The fourth-order valence-electron chi connectivity index (χ4n) is 4.38. The summed E-state index contributed by atoms with van der Waals surface area (Å²) in [6.45, 7) is 3.48. The number of pyridine rings is 1. The maximum absolute atomic E-state index is 13.6. The van der Waals surface area contributed by atoms with E-state index in [0.717, 1.165) is 42.5 Å². The van der Waals surface area contributed by atoms with Crippen LogP contribution in [0, 0.1) is 6.92 Å². The first-order chi connectivity index (χ1) is 14.4. The third-order valence-corrected chi connectivity index (χ3v) is 7.90. The van der Waals surface area contributed by atoms with Crippen molar-refractivity contribution in [1.82, 2.24) is 9.29 Å². The second-order valence-electron chi connectivity index (χ2n) is 8.12. The van der Waals surface area contributed by atoms with Crippen molar-refractivity contribution in [3.63, 3.8) is 0 Å². The predicted molar refractivity (Wildman–Crippen MR) is 114 cm³/mol. The molecule has 30 heavy (non-hydrogen) atoms. The molecule has 1 N–H and O–H groups in total. The van der Waals surface area contributed by atoms with E-state index in [9.17, 15) is 13.2 Å². The molecule has 1 atom stereocenters. The Hall–Kier alpha value is -2.45. The molecular formula is C22H27N3O4S. The first-order valence-corrected chi connectivity index (χ1v) is 11.8. The van der Waals surface area contributed by atoms with Crippen molar-refractivity contribution in [2.75, 3.05) is 18.0 Å². The molecule has 1 saturated heterocycles. The molecule has 1 fully saturated rings. The number of nitrogens with zero attached hydrogens (tertiary/aromatic N) is 3. The molecular weight excluding hydrogens is 402 g/mol. The molecule has 0 bridgehead atoms. The van der Waals surface area contributed by atoms with E-state index in [0.29, 0.717) is 18.8 Å². The van der Waals surface area contributed by atoms with Crippen LogP contribution in [0.5, 0.6) is 0 Å². The Morgan fingerprint density at radius 1 is 1.27 bits per heavy atom. The normalized spacial score (nSPS) is 20.8. The van der Waals surface area contributed by atoms with Crippen LogP contribution in [-0.2, 0) is 27.8 Å². The third kappa shape index (κ3) is 4.06. The van der Waals surface area contributed by atoms with Gasteiger partial charge in [-0.3, -0.25) is 4.79 Å². The maximum Gasteiger partial charge on any atom is 0.303 e. The highest BCUT2D eigenvalue weighted by Gasteiger charge is 2.39. The monoisotopic (exact) mass is 429 g/mol. The van der Waals surface area contributed by atoms with Gasteiger partial charge in [-0.15, -0.1) is 0 Å². The summed E-state index contributed by atoms with van der Waals surface area (Å²) in [5.41, 5.74) is 2.82. The van der Waals surface area contributed by atoms with Crippen LogP contribution in [0.15, 0.2) is 41.4 Å². The minimum Gasteiger partial charge on any atom is -0.481 e. The number of carbonyl (C=O) groups is 1. The molecule has 2 aliphatic heterocycles. The van der Waals surface area contributed by atoms with Gasteiger partial charge in [-0.1, -0.05) is 18.2 Å². The molecule has 1 aromatic carbocycles. The van der Waals surface area contributed by atoms with E-state index in [1.807, 2.05) is 25.1 Å². The van der Waals surface area contributed by atoms with E-state index >= 15 is 0 Å². The lowest BCUT2D eigenvalue weighted by Gasteiger charge is -2.36. The van der Waals surface area contributed by atoms with Crippen LogP contribution in [0.2, 0.25) is 0 Å². The summed E-state index contributed by atoms with van der Waals surface area (Å²) >= 11 is 0. The third-order valence-electron chi connectivity index (χ3n) is 6.07. The van der Waals surface area contributed by atoms with Crippen molar-refractivity contribution in [3.8, 4) is 0 Å². The summed E-state index contributed by atoms with van der Waals surface area (Å²) in [7, 11) is -3.70. The minimum absolute atomic E-state index is 0.0561. The molecule has 2 aliphatic rings. The second kappa shape index (κ2) is 8.35. The van der Waals surface area contributed by atoms with Gasteiger partial charge in [0.15, 0.2) is 0 Å². The Balaban J connectivity index is 1.69. The van der Waals surface area contributed by atoms with Gasteiger partial charge in [0.1, 0.15) is 10.7 Å². The number of carboxylic acid groups (broad SMARTS) is 1. The molecule has 0 saturated carbocycles. The van der Waals surface area contributed by atoms with Crippen LogP contribution in [0.4, 0.5) is 5.82 Å². The Morgan fingerprint density at radius 2 is 2.10 bits per heavy atom. The Kier molecular flexibility index (Phi) is 5.79. The number of anilines is 1. The largest absolute Gasteiger partial charge is 0.481 e. The number of rotatable bonds is 5. The Labute approximate surface area is 177 Å². The molecule has 3 heterocycles. The predicted octanol–water partition coefficient (Wildman–Crippen LogP) is 2.97. The van der Waals surface area contributed by atoms with Gasteiger partial charge in [-0.05, 0) is 61.4 Å². The van der Waals surface area contributed by atoms with E-state index in [1.54, 1.807) is 22.6 Å². The highest BCUT2D eigenvalue weighted by molar-refractivity contribution is 7.89. The van der Waals surface area contributed by atoms with Crippen molar-refractivity contribution in [2.45, 2.75) is 56.5 Å². The molecule has 4 rings (SSSR count). The van der Waals surface area contributed by atoms with E-state index in [4.69, 9.17) is 5.11 Å². The number of carboxylic acids is 1. The number of hydrogen-bond acceptors (Lipinski definition) is 5. The van der Waals surface area contributed by atoms with Gasteiger partial charge in [-0.2, -0.15) is 4.31 Å². The van der Waals surface area contributed by atoms with Gasteiger partial charge in [0.05, 0.1) is 0 Å². The van der Waals surface area contributed by atoms with Gasteiger partial charge >= 0.3 is 5.97 Å². The first kappa shape index (κ1) is 20.8. The van der Waals surface area contributed by atoms with Crippen LogP contribution in [0.1, 0.15) is 42.4 Å². The lowest BCUT2D eigenvalue weighted by Crippen LogP contribution is -2.45. The minimum atomic E-state index is -3.70. The average molecular weight is 430 g/mol. The number of aliphatic carboxylic acids is 1. The number of piperidine rings is 1. The molecule has 7 nitrogen and oxygen atoms in total. The molecule has 1 aromatic heterocycles. The van der Waals surface area contributed by atoms with E-state index in [2.05, 4.69) is 9.88 Å². The molecule has 2 aromatic rings. The Morgan fingerprint density at radius 3 is 2.90 bits per heavy atom. The average Bonchev–Trinajstić information content (AvgIpc) is 2.82. The summed E-state index contributed by atoms with van der Waals surface area (Å²) in [4.78, 5) is 17.8. The topological polar surface area (TPSA) is 90.8 Å². The summed E-state index contributed by atoms with van der Waals surface area (Å²) in [6, 6.07) is 9.25. The fraction of sp³-hybridized carbons (Fsp3) is 0.455. The zero-order chi connectivity index (χ0) is 21.3. The molecule has 0 spiro atoms. The lowest BCUT2D eigenvalue weighted by molar-refractivity contribution is -0.136. The highest BCUT2D eigenvalue weighted by atomic mass is 32.2. The lowest BCUT2D eigenvalue weighted by atomic mass is 10.0. The number of fused-ring (bicyclic) bond motifs is 3. The molecule has 0 unspecified atom stereocenters. The molecule has 160 valence electrons. The smallest absolute Gasteiger partial charge is 0.303 e. The quantitative estimate of drug-likeness (QED) is 0.786. The van der Waals surface area contributed by atoms with Gasteiger partial charge in [-0.25, -0.2) is 13.4 Å². The van der Waals surface area contributed by atoms with Crippen molar-refractivity contribution >= 4 is 21.8 Å². The van der Waals surface area contributed by atoms with E-state index in [1.165, 1.54) is 0 Å². The number of aryl methyl sites for hydroxylation is 2. The summed E-state index contributed by atoms with van der Waals surface area (Å²) < 4.78 is 28.7. The number of sulfonamides is 1. The van der Waals surface area contributed by atoms with Crippen molar-refractivity contribution in [3.05, 3.63) is 53.2 Å². The van der Waals surface area contributed by atoms with Crippen LogP contribution in [0.25, 0.3) is 0 Å². The van der Waals surface area contributed by atoms with Crippen LogP contribution >= 0.6 is 0 Å². The standard InChI is InChI=1S/C22H27N3O4S/c1-16-7-8-17(9-10-21(26)27)13-18(16)14-24-15-19-5-2-3-12-25(19)22-20(30(24,28)29)6-4-11-23-22/h4,6-8,11,13,19H,2-3,5,9-10,12,14-15H2,1H3,(H,26,27)/t19-/m1/s1. The first-order valence-electron chi connectivity index (χ1n) is 10.4. The number of benzene rings is 1. The zero-order valence-corrected chi connectivity index (χ0v) is 17.9. The van der Waals surface area contributed by atoms with E-state index in [-0.39, 0.29) is 23.9 Å². The van der Waals surface area contributed by atoms with E-state index < -0.39 is 16.0 Å². The maximum atomic E-state index is 13.6. The SMILES string of the molecule is Cc1ccc(CCC(=O)O)cc1CN1C[C@H]2CCCCN2c2ncccc2S1(=O)=O. The second-order valence-corrected chi connectivity index (χ2v) is 10.0. The van der Waals surface area contributed by atoms with Crippen molar-refractivity contribution < 1.29 is 18.3 Å². The summed E-state index contributed by atoms with van der Waals surface area (Å²) in [5.74, 6) is -0.273. The zero-order valence-electron chi connectivity index (χ0n) is 17.1. The van der Waals surface area contributed by atoms with Gasteiger partial charge < -0.3 is 10.0 Å².